The van der Waals surface area contributed by atoms with E-state index in [1.165, 1.54) is 0 Å². The number of nitrogens with two attached hydrogens (primary N) is 1. The van der Waals surface area contributed by atoms with E-state index in [1.54, 1.807) is 6.20 Å². The minimum atomic E-state index is 0.145. The van der Waals surface area contributed by atoms with Gasteiger partial charge in [0.25, 0.3) is 0 Å². The molecule has 2 atom stereocenters. The SMILES string of the molecule is CC1(C)[C@@H](N)[C@@H]1c1cc(Br)cnc1Cl. The molecule has 14 heavy (non-hydrogen) atoms. The molecule has 0 unspecified atom stereocenters. The number of aromatic nitrogens is 1. The highest BCUT2D eigenvalue weighted by Gasteiger charge is 2.57. The van der Waals surface area contributed by atoms with Crippen molar-refractivity contribution >= 4 is 27.5 Å². The highest BCUT2D eigenvalue weighted by Crippen LogP contribution is 2.58. The quantitative estimate of drug-likeness (QED) is 0.800. The van der Waals surface area contributed by atoms with E-state index >= 15 is 0 Å². The number of pyridine rings is 1. The van der Waals surface area contributed by atoms with Crippen LogP contribution in [-0.4, -0.2) is 11.0 Å². The zero-order valence-electron chi connectivity index (χ0n) is 8.09. The summed E-state index contributed by atoms with van der Waals surface area (Å²) < 4.78 is 0.951. The van der Waals surface area contributed by atoms with Gasteiger partial charge in [0.15, 0.2) is 0 Å². The molecule has 1 saturated carbocycles. The van der Waals surface area contributed by atoms with E-state index in [-0.39, 0.29) is 11.5 Å². The topological polar surface area (TPSA) is 38.9 Å². The molecule has 4 heteroatoms. The van der Waals surface area contributed by atoms with Gasteiger partial charge in [0, 0.05) is 22.6 Å². The predicted octanol–water partition coefficient (Wildman–Crippen LogP) is 2.95. The van der Waals surface area contributed by atoms with Gasteiger partial charge in [-0.3, -0.25) is 0 Å². The molecule has 76 valence electrons. The minimum Gasteiger partial charge on any atom is -0.327 e. The van der Waals surface area contributed by atoms with Gasteiger partial charge in [-0.05, 0) is 33.0 Å². The summed E-state index contributed by atoms with van der Waals surface area (Å²) in [6, 6.07) is 2.20. The Morgan fingerprint density at radius 2 is 2.14 bits per heavy atom. The molecule has 1 aliphatic carbocycles. The summed E-state index contributed by atoms with van der Waals surface area (Å²) in [6.45, 7) is 4.30. The molecule has 2 nitrogen and oxygen atoms in total. The molecular weight excluding hydrogens is 263 g/mol. The first-order valence-electron chi connectivity index (χ1n) is 4.51. The maximum atomic E-state index is 6.04. The summed E-state index contributed by atoms with van der Waals surface area (Å²) in [4.78, 5) is 4.10. The Bertz CT molecular complexity index is 378. The second-order valence-electron chi connectivity index (χ2n) is 4.36. The maximum Gasteiger partial charge on any atom is 0.132 e. The highest BCUT2D eigenvalue weighted by molar-refractivity contribution is 9.10. The lowest BCUT2D eigenvalue weighted by atomic mass is 10.1. The van der Waals surface area contributed by atoms with Gasteiger partial charge in [0.05, 0.1) is 0 Å². The van der Waals surface area contributed by atoms with Crippen molar-refractivity contribution in [3.63, 3.8) is 0 Å². The first kappa shape index (κ1) is 10.4. The summed E-state index contributed by atoms with van der Waals surface area (Å²) in [7, 11) is 0. The van der Waals surface area contributed by atoms with Gasteiger partial charge in [-0.25, -0.2) is 4.98 Å². The Hall–Kier alpha value is -0.120. The van der Waals surface area contributed by atoms with Crippen molar-refractivity contribution in [1.82, 2.24) is 4.98 Å². The molecule has 0 aliphatic heterocycles. The lowest BCUT2D eigenvalue weighted by molar-refractivity contribution is 0.598. The average molecular weight is 276 g/mol. The fraction of sp³-hybridized carbons (Fsp3) is 0.500. The van der Waals surface area contributed by atoms with E-state index in [4.69, 9.17) is 17.3 Å². The van der Waals surface area contributed by atoms with E-state index < -0.39 is 0 Å². The largest absolute Gasteiger partial charge is 0.327 e. The van der Waals surface area contributed by atoms with Crippen LogP contribution in [0, 0.1) is 5.41 Å². The Morgan fingerprint density at radius 1 is 1.57 bits per heavy atom. The molecule has 0 aromatic carbocycles. The molecule has 1 fully saturated rings. The van der Waals surface area contributed by atoms with Gasteiger partial charge in [-0.1, -0.05) is 25.4 Å². The Morgan fingerprint density at radius 3 is 2.64 bits per heavy atom. The van der Waals surface area contributed by atoms with Gasteiger partial charge in [0.1, 0.15) is 5.15 Å². The van der Waals surface area contributed by atoms with Crippen LogP contribution in [0.3, 0.4) is 0 Å². The Balaban J connectivity index is 2.39. The number of hydrogen-bond donors (Lipinski definition) is 1. The molecule has 0 radical (unpaired) electrons. The third-order valence-electron chi connectivity index (χ3n) is 3.08. The monoisotopic (exact) mass is 274 g/mol. The van der Waals surface area contributed by atoms with E-state index in [2.05, 4.69) is 34.8 Å². The predicted molar refractivity (Wildman–Crippen MR) is 61.4 cm³/mol. The molecule has 2 N–H and O–H groups in total. The molecule has 1 heterocycles. The van der Waals surface area contributed by atoms with Crippen molar-refractivity contribution < 1.29 is 0 Å². The van der Waals surface area contributed by atoms with Crippen LogP contribution in [0.15, 0.2) is 16.7 Å². The standard InChI is InChI=1S/C10H12BrClN2/c1-10(2)7(8(10)13)6-3-5(11)4-14-9(6)12/h3-4,7-8H,13H2,1-2H3/t7-,8-/m0/s1. The normalized spacial score (nSPS) is 28.9. The smallest absolute Gasteiger partial charge is 0.132 e. The van der Waals surface area contributed by atoms with E-state index in [9.17, 15) is 0 Å². The van der Waals surface area contributed by atoms with Crippen molar-refractivity contribution in [3.8, 4) is 0 Å². The lowest BCUT2D eigenvalue weighted by Crippen LogP contribution is -2.06. The molecule has 1 aromatic heterocycles. The molecule has 0 amide bonds. The second-order valence-corrected chi connectivity index (χ2v) is 5.63. The zero-order chi connectivity index (χ0) is 10.5. The van der Waals surface area contributed by atoms with Crippen LogP contribution in [0.5, 0.6) is 0 Å². The zero-order valence-corrected chi connectivity index (χ0v) is 10.4. The van der Waals surface area contributed by atoms with E-state index in [0.29, 0.717) is 11.1 Å². The van der Waals surface area contributed by atoms with Crippen LogP contribution in [0.25, 0.3) is 0 Å². The van der Waals surface area contributed by atoms with Crippen molar-refractivity contribution in [2.75, 3.05) is 0 Å². The van der Waals surface area contributed by atoms with Crippen molar-refractivity contribution in [2.45, 2.75) is 25.8 Å². The lowest BCUT2D eigenvalue weighted by Gasteiger charge is -2.04. The van der Waals surface area contributed by atoms with Gasteiger partial charge in [-0.15, -0.1) is 0 Å². The molecule has 1 aromatic rings. The van der Waals surface area contributed by atoms with Crippen LogP contribution in [0.4, 0.5) is 0 Å². The average Bonchev–Trinajstić information content (AvgIpc) is 2.58. The molecular formula is C10H12BrClN2. The molecule has 0 bridgehead atoms. The van der Waals surface area contributed by atoms with Crippen molar-refractivity contribution in [2.24, 2.45) is 11.1 Å². The molecule has 0 spiro atoms. The van der Waals surface area contributed by atoms with Crippen LogP contribution >= 0.6 is 27.5 Å². The third kappa shape index (κ3) is 1.47. The number of hydrogen-bond acceptors (Lipinski definition) is 2. The fourth-order valence-corrected chi connectivity index (χ4v) is 2.50. The first-order valence-corrected chi connectivity index (χ1v) is 5.68. The molecule has 0 saturated heterocycles. The van der Waals surface area contributed by atoms with Crippen LogP contribution in [-0.2, 0) is 0 Å². The third-order valence-corrected chi connectivity index (χ3v) is 3.83. The Kier molecular flexibility index (Phi) is 2.37. The van der Waals surface area contributed by atoms with Crippen molar-refractivity contribution in [3.05, 3.63) is 27.5 Å². The van der Waals surface area contributed by atoms with Crippen LogP contribution in [0.1, 0.15) is 25.3 Å². The summed E-state index contributed by atoms with van der Waals surface area (Å²) in [5, 5.41) is 0.569. The van der Waals surface area contributed by atoms with Crippen LogP contribution in [0.2, 0.25) is 5.15 Å². The second kappa shape index (κ2) is 3.19. The maximum absolute atomic E-state index is 6.04. The fourth-order valence-electron chi connectivity index (χ4n) is 1.93. The summed E-state index contributed by atoms with van der Waals surface area (Å²) >= 11 is 9.42. The first-order chi connectivity index (χ1) is 6.44. The van der Waals surface area contributed by atoms with E-state index in [0.717, 1.165) is 10.0 Å². The highest BCUT2D eigenvalue weighted by atomic mass is 79.9. The number of rotatable bonds is 1. The molecule has 2 rings (SSSR count). The van der Waals surface area contributed by atoms with Gasteiger partial charge in [0.2, 0.25) is 0 Å². The van der Waals surface area contributed by atoms with Gasteiger partial charge < -0.3 is 5.73 Å². The minimum absolute atomic E-state index is 0.145. The Labute approximate surface area is 97.0 Å². The van der Waals surface area contributed by atoms with Gasteiger partial charge in [-0.2, -0.15) is 0 Å². The van der Waals surface area contributed by atoms with Gasteiger partial charge >= 0.3 is 0 Å². The van der Waals surface area contributed by atoms with Crippen LogP contribution < -0.4 is 5.73 Å². The summed E-state index contributed by atoms with van der Waals surface area (Å²) in [6.07, 6.45) is 1.70. The summed E-state index contributed by atoms with van der Waals surface area (Å²) in [5.74, 6) is 0.333. The number of nitrogens with zero attached hydrogens (tertiary/aromatic N) is 1. The number of halogens is 2. The molecule has 1 aliphatic rings. The van der Waals surface area contributed by atoms with Crippen molar-refractivity contribution in [1.29, 1.82) is 0 Å². The van der Waals surface area contributed by atoms with E-state index in [1.807, 2.05) is 6.07 Å². The summed E-state index contributed by atoms with van der Waals surface area (Å²) in [5.41, 5.74) is 7.19.